The third kappa shape index (κ3) is 5.97. The summed E-state index contributed by atoms with van der Waals surface area (Å²) < 4.78 is 27.0. The standard InChI is InChI=1S/C23H30O9/c1-28-17-11-15(12-18(29-2)22(17)27)8-16(26)21(13-25)32-23-19(30-3)9-14(6-5-7-24)10-20(23)31-4/h5-6,9-12,16,21,24-27H,7-8,13H2,1-4H3/b6-5-/t16-,21+/m1/s1. The van der Waals surface area contributed by atoms with Gasteiger partial charge < -0.3 is 44.1 Å². The molecule has 32 heavy (non-hydrogen) atoms. The number of hydrogen-bond acceptors (Lipinski definition) is 9. The van der Waals surface area contributed by atoms with Gasteiger partial charge in [-0.1, -0.05) is 12.2 Å². The lowest BCUT2D eigenvalue weighted by molar-refractivity contribution is 0.000131. The Bertz CT molecular complexity index is 860. The fraction of sp³-hybridized carbons (Fsp3) is 0.391. The van der Waals surface area contributed by atoms with Crippen molar-refractivity contribution in [3.05, 3.63) is 41.5 Å². The van der Waals surface area contributed by atoms with Crippen molar-refractivity contribution >= 4 is 6.08 Å². The Kier molecular flexibility index (Phi) is 9.45. The van der Waals surface area contributed by atoms with Gasteiger partial charge in [-0.15, -0.1) is 0 Å². The number of methoxy groups -OCH3 is 4. The van der Waals surface area contributed by atoms with Crippen LogP contribution in [-0.2, 0) is 6.42 Å². The smallest absolute Gasteiger partial charge is 0.204 e. The molecule has 9 heteroatoms. The zero-order valence-corrected chi connectivity index (χ0v) is 18.6. The summed E-state index contributed by atoms with van der Waals surface area (Å²) in [6.45, 7) is -0.597. The molecule has 0 bridgehead atoms. The Morgan fingerprint density at radius 2 is 1.38 bits per heavy atom. The molecule has 9 nitrogen and oxygen atoms in total. The fourth-order valence-corrected chi connectivity index (χ4v) is 3.13. The van der Waals surface area contributed by atoms with Crippen LogP contribution in [0.4, 0.5) is 0 Å². The van der Waals surface area contributed by atoms with Gasteiger partial charge in [-0.3, -0.25) is 0 Å². The van der Waals surface area contributed by atoms with E-state index in [1.54, 1.807) is 36.4 Å². The van der Waals surface area contributed by atoms with Crippen molar-refractivity contribution in [2.75, 3.05) is 41.7 Å². The molecule has 0 aromatic heterocycles. The maximum absolute atomic E-state index is 10.8. The van der Waals surface area contributed by atoms with Crippen molar-refractivity contribution in [2.45, 2.75) is 18.6 Å². The zero-order chi connectivity index (χ0) is 23.7. The molecule has 0 spiro atoms. The number of rotatable bonds is 12. The first-order valence-corrected chi connectivity index (χ1v) is 9.85. The number of aliphatic hydroxyl groups excluding tert-OH is 3. The monoisotopic (exact) mass is 450 g/mol. The average Bonchev–Trinajstić information content (AvgIpc) is 2.81. The summed E-state index contributed by atoms with van der Waals surface area (Å²) in [5.74, 6) is 1.13. The van der Waals surface area contributed by atoms with Crippen molar-refractivity contribution in [1.29, 1.82) is 0 Å². The van der Waals surface area contributed by atoms with E-state index in [1.807, 2.05) is 0 Å². The minimum atomic E-state index is -1.12. The molecule has 0 saturated heterocycles. The first-order chi connectivity index (χ1) is 15.4. The quantitative estimate of drug-likeness (QED) is 0.383. The van der Waals surface area contributed by atoms with Gasteiger partial charge in [0.05, 0.1) is 47.8 Å². The van der Waals surface area contributed by atoms with Crippen LogP contribution in [0.5, 0.6) is 34.5 Å². The maximum Gasteiger partial charge on any atom is 0.204 e. The number of phenolic OH excluding ortho intramolecular Hbond substituents is 1. The third-order valence-corrected chi connectivity index (χ3v) is 4.76. The van der Waals surface area contributed by atoms with E-state index in [9.17, 15) is 15.3 Å². The predicted molar refractivity (Wildman–Crippen MR) is 118 cm³/mol. The van der Waals surface area contributed by atoms with E-state index in [4.69, 9.17) is 28.8 Å². The first-order valence-electron chi connectivity index (χ1n) is 9.85. The molecule has 0 amide bonds. The molecule has 2 rings (SSSR count). The fourth-order valence-electron chi connectivity index (χ4n) is 3.13. The van der Waals surface area contributed by atoms with Crippen LogP contribution in [0.1, 0.15) is 11.1 Å². The van der Waals surface area contributed by atoms with Gasteiger partial charge in [-0.25, -0.2) is 0 Å². The highest BCUT2D eigenvalue weighted by Crippen LogP contribution is 2.40. The van der Waals surface area contributed by atoms with Gasteiger partial charge >= 0.3 is 0 Å². The molecule has 0 aliphatic rings. The molecular weight excluding hydrogens is 420 g/mol. The lowest BCUT2D eigenvalue weighted by atomic mass is 10.0. The molecular formula is C23H30O9. The maximum atomic E-state index is 10.8. The van der Waals surface area contributed by atoms with Crippen LogP contribution < -0.4 is 23.7 Å². The minimum absolute atomic E-state index is 0.0835. The minimum Gasteiger partial charge on any atom is -0.502 e. The molecule has 2 atom stereocenters. The molecule has 0 fully saturated rings. The lowest BCUT2D eigenvalue weighted by Gasteiger charge is -2.25. The van der Waals surface area contributed by atoms with Gasteiger partial charge in [-0.2, -0.15) is 0 Å². The Morgan fingerprint density at radius 3 is 1.81 bits per heavy atom. The highest BCUT2D eigenvalue weighted by molar-refractivity contribution is 5.62. The third-order valence-electron chi connectivity index (χ3n) is 4.76. The van der Waals surface area contributed by atoms with Crippen LogP contribution >= 0.6 is 0 Å². The molecule has 176 valence electrons. The second-order valence-electron chi connectivity index (χ2n) is 6.80. The molecule has 0 saturated carbocycles. The molecule has 0 aliphatic heterocycles. The normalized spacial score (nSPS) is 13.0. The summed E-state index contributed by atoms with van der Waals surface area (Å²) in [5.41, 5.74) is 1.32. The van der Waals surface area contributed by atoms with Crippen LogP contribution in [0.15, 0.2) is 30.3 Å². The van der Waals surface area contributed by atoms with Gasteiger partial charge in [0, 0.05) is 6.42 Å². The van der Waals surface area contributed by atoms with E-state index in [0.717, 1.165) is 0 Å². The van der Waals surface area contributed by atoms with Crippen LogP contribution in [-0.4, -0.2) is 74.3 Å². The summed E-state index contributed by atoms with van der Waals surface area (Å²) in [6, 6.07) is 6.50. The summed E-state index contributed by atoms with van der Waals surface area (Å²) in [5, 5.41) is 39.7. The molecule has 0 radical (unpaired) electrons. The highest BCUT2D eigenvalue weighted by Gasteiger charge is 2.26. The van der Waals surface area contributed by atoms with E-state index < -0.39 is 18.8 Å². The van der Waals surface area contributed by atoms with Crippen LogP contribution in [0.25, 0.3) is 6.08 Å². The number of hydrogen-bond donors (Lipinski definition) is 4. The van der Waals surface area contributed by atoms with Gasteiger partial charge in [0.1, 0.15) is 6.10 Å². The zero-order valence-electron chi connectivity index (χ0n) is 18.6. The largest absolute Gasteiger partial charge is 0.502 e. The number of aromatic hydroxyl groups is 1. The second kappa shape index (κ2) is 12.0. The summed E-state index contributed by atoms with van der Waals surface area (Å²) in [7, 11) is 5.74. The van der Waals surface area contributed by atoms with E-state index in [-0.39, 0.29) is 36.0 Å². The Labute approximate surface area is 187 Å². The van der Waals surface area contributed by atoms with Gasteiger partial charge in [0.15, 0.2) is 23.0 Å². The predicted octanol–water partition coefficient (Wildman–Crippen LogP) is 1.78. The van der Waals surface area contributed by atoms with E-state index in [1.165, 1.54) is 28.4 Å². The number of aliphatic hydroxyl groups is 3. The van der Waals surface area contributed by atoms with Crippen molar-refractivity contribution in [2.24, 2.45) is 0 Å². The number of ether oxygens (including phenoxy) is 5. The summed E-state index contributed by atoms with van der Waals surface area (Å²) in [6.07, 6.45) is 1.21. The summed E-state index contributed by atoms with van der Waals surface area (Å²) >= 11 is 0. The Balaban J connectivity index is 2.31. The van der Waals surface area contributed by atoms with E-state index >= 15 is 0 Å². The second-order valence-corrected chi connectivity index (χ2v) is 6.80. The van der Waals surface area contributed by atoms with E-state index in [2.05, 4.69) is 0 Å². The van der Waals surface area contributed by atoms with Gasteiger partial charge in [-0.05, 0) is 35.4 Å². The molecule has 0 unspecified atom stereocenters. The number of benzene rings is 2. The van der Waals surface area contributed by atoms with Crippen molar-refractivity contribution in [3.63, 3.8) is 0 Å². The van der Waals surface area contributed by atoms with Crippen molar-refractivity contribution in [1.82, 2.24) is 0 Å². The Morgan fingerprint density at radius 1 is 0.844 bits per heavy atom. The Hall–Kier alpha value is -3.14. The number of phenols is 1. The molecule has 2 aromatic carbocycles. The molecule has 0 heterocycles. The van der Waals surface area contributed by atoms with Crippen LogP contribution in [0.3, 0.4) is 0 Å². The first kappa shape index (κ1) is 25.1. The van der Waals surface area contributed by atoms with Gasteiger partial charge in [0.25, 0.3) is 0 Å². The SMILES string of the molecule is COc1cc(C[C@@H](O)[C@H](CO)Oc2c(OC)cc(/C=C\CO)cc2OC)cc(OC)c1O. The van der Waals surface area contributed by atoms with Crippen molar-refractivity contribution < 1.29 is 44.1 Å². The van der Waals surface area contributed by atoms with E-state index in [0.29, 0.717) is 22.6 Å². The average molecular weight is 450 g/mol. The van der Waals surface area contributed by atoms with Crippen LogP contribution in [0, 0.1) is 0 Å². The topological polar surface area (TPSA) is 127 Å². The lowest BCUT2D eigenvalue weighted by Crippen LogP contribution is -2.36. The molecule has 4 N–H and O–H groups in total. The summed E-state index contributed by atoms with van der Waals surface area (Å²) in [4.78, 5) is 0. The molecule has 2 aromatic rings. The van der Waals surface area contributed by atoms with Crippen LogP contribution in [0.2, 0.25) is 0 Å². The highest BCUT2D eigenvalue weighted by atomic mass is 16.6. The van der Waals surface area contributed by atoms with Crippen molar-refractivity contribution in [3.8, 4) is 34.5 Å². The van der Waals surface area contributed by atoms with Gasteiger partial charge in [0.2, 0.25) is 11.5 Å². The molecule has 0 aliphatic carbocycles.